The van der Waals surface area contributed by atoms with E-state index in [0.717, 1.165) is 32.5 Å². The van der Waals surface area contributed by atoms with Gasteiger partial charge in [0.25, 0.3) is 0 Å². The molecule has 2 saturated heterocycles. The maximum Gasteiger partial charge on any atom is 0.225 e. The predicted octanol–water partition coefficient (Wildman–Crippen LogP) is 1.15. The summed E-state index contributed by atoms with van der Waals surface area (Å²) in [5, 5.41) is 3.44. The summed E-state index contributed by atoms with van der Waals surface area (Å²) in [6.45, 7) is 6.75. The summed E-state index contributed by atoms with van der Waals surface area (Å²) in [4.78, 5) is 14.2. The van der Waals surface area contributed by atoms with Crippen molar-refractivity contribution in [2.24, 2.45) is 0 Å². The van der Waals surface area contributed by atoms with E-state index in [1.54, 1.807) is 0 Å². The van der Waals surface area contributed by atoms with Gasteiger partial charge in [-0.15, -0.1) is 0 Å². The first-order chi connectivity index (χ1) is 8.15. The van der Waals surface area contributed by atoms with Gasteiger partial charge in [0.1, 0.15) is 0 Å². The SMILES string of the molecule is CC1CN(C(=O)CC2CCCCO2)CC(C)N1. The molecule has 1 N–H and O–H groups in total. The van der Waals surface area contributed by atoms with Crippen molar-refractivity contribution in [3.05, 3.63) is 0 Å². The maximum absolute atomic E-state index is 12.2. The predicted molar refractivity (Wildman–Crippen MR) is 66.8 cm³/mol. The molecule has 0 spiro atoms. The quantitative estimate of drug-likeness (QED) is 0.787. The Kier molecular flexibility index (Phi) is 4.40. The standard InChI is InChI=1S/C13H24N2O2/c1-10-8-15(9-11(2)14-10)13(16)7-12-5-3-4-6-17-12/h10-12,14H,3-9H2,1-2H3. The van der Waals surface area contributed by atoms with Gasteiger partial charge in [-0.25, -0.2) is 0 Å². The number of hydrogen-bond donors (Lipinski definition) is 1. The summed E-state index contributed by atoms with van der Waals surface area (Å²) in [7, 11) is 0. The number of piperazine rings is 1. The van der Waals surface area contributed by atoms with Crippen LogP contribution in [0.3, 0.4) is 0 Å². The smallest absolute Gasteiger partial charge is 0.225 e. The van der Waals surface area contributed by atoms with Crippen LogP contribution in [-0.2, 0) is 9.53 Å². The molecule has 2 fully saturated rings. The average Bonchev–Trinajstić information content (AvgIpc) is 2.29. The van der Waals surface area contributed by atoms with E-state index in [1.165, 1.54) is 6.42 Å². The Bertz CT molecular complexity index is 254. The highest BCUT2D eigenvalue weighted by atomic mass is 16.5. The molecule has 0 aliphatic carbocycles. The van der Waals surface area contributed by atoms with Gasteiger partial charge in [-0.05, 0) is 33.1 Å². The minimum Gasteiger partial charge on any atom is -0.378 e. The second-order valence-corrected chi connectivity index (χ2v) is 5.46. The molecule has 2 rings (SSSR count). The van der Waals surface area contributed by atoms with Gasteiger partial charge in [-0.2, -0.15) is 0 Å². The van der Waals surface area contributed by atoms with Gasteiger partial charge in [-0.3, -0.25) is 4.79 Å². The van der Waals surface area contributed by atoms with E-state index in [9.17, 15) is 4.79 Å². The minimum atomic E-state index is 0.164. The molecular formula is C13H24N2O2. The average molecular weight is 240 g/mol. The third-order valence-electron chi connectivity index (χ3n) is 3.59. The van der Waals surface area contributed by atoms with E-state index in [2.05, 4.69) is 19.2 Å². The normalized spacial score (nSPS) is 34.7. The molecule has 98 valence electrons. The molecule has 0 radical (unpaired) electrons. The van der Waals surface area contributed by atoms with Gasteiger partial charge in [-0.1, -0.05) is 0 Å². The van der Waals surface area contributed by atoms with E-state index in [1.807, 2.05) is 4.90 Å². The minimum absolute atomic E-state index is 0.164. The zero-order valence-corrected chi connectivity index (χ0v) is 10.9. The summed E-state index contributed by atoms with van der Waals surface area (Å²) in [6.07, 6.45) is 4.12. The molecule has 0 aromatic heterocycles. The molecule has 0 aromatic rings. The number of rotatable bonds is 2. The van der Waals surface area contributed by atoms with Crippen molar-refractivity contribution in [1.82, 2.24) is 10.2 Å². The van der Waals surface area contributed by atoms with Gasteiger partial charge in [0.15, 0.2) is 0 Å². The van der Waals surface area contributed by atoms with Gasteiger partial charge in [0.05, 0.1) is 12.5 Å². The zero-order chi connectivity index (χ0) is 12.3. The van der Waals surface area contributed by atoms with E-state index < -0.39 is 0 Å². The fourth-order valence-corrected chi connectivity index (χ4v) is 2.82. The molecule has 2 heterocycles. The molecule has 3 unspecified atom stereocenters. The third-order valence-corrected chi connectivity index (χ3v) is 3.59. The van der Waals surface area contributed by atoms with E-state index in [0.29, 0.717) is 18.5 Å². The molecule has 4 nitrogen and oxygen atoms in total. The first-order valence-corrected chi connectivity index (χ1v) is 6.80. The van der Waals surface area contributed by atoms with Crippen LogP contribution in [0.4, 0.5) is 0 Å². The highest BCUT2D eigenvalue weighted by Gasteiger charge is 2.27. The summed E-state index contributed by atoms with van der Waals surface area (Å²) >= 11 is 0. The van der Waals surface area contributed by atoms with E-state index >= 15 is 0 Å². The van der Waals surface area contributed by atoms with Crippen molar-refractivity contribution in [1.29, 1.82) is 0 Å². The number of carbonyl (C=O) groups excluding carboxylic acids is 1. The molecule has 1 amide bonds. The molecule has 17 heavy (non-hydrogen) atoms. The van der Waals surface area contributed by atoms with Crippen LogP contribution in [0.15, 0.2) is 0 Å². The second-order valence-electron chi connectivity index (χ2n) is 5.46. The summed E-state index contributed by atoms with van der Waals surface area (Å²) in [5.74, 6) is 0.261. The van der Waals surface area contributed by atoms with Gasteiger partial charge in [0.2, 0.25) is 5.91 Å². The van der Waals surface area contributed by atoms with Crippen LogP contribution in [0.2, 0.25) is 0 Å². The fourth-order valence-electron chi connectivity index (χ4n) is 2.82. The van der Waals surface area contributed by atoms with E-state index in [4.69, 9.17) is 4.74 Å². The molecular weight excluding hydrogens is 216 g/mol. The van der Waals surface area contributed by atoms with E-state index in [-0.39, 0.29) is 12.0 Å². The van der Waals surface area contributed by atoms with Crippen LogP contribution >= 0.6 is 0 Å². The van der Waals surface area contributed by atoms with Crippen LogP contribution < -0.4 is 5.32 Å². The molecule has 4 heteroatoms. The number of carbonyl (C=O) groups is 1. The molecule has 0 aromatic carbocycles. The van der Waals surface area contributed by atoms with Crippen molar-refractivity contribution >= 4 is 5.91 Å². The van der Waals surface area contributed by atoms with Crippen LogP contribution in [0.5, 0.6) is 0 Å². The number of nitrogens with one attached hydrogen (secondary N) is 1. The Morgan fingerprint density at radius 2 is 2.00 bits per heavy atom. The van der Waals surface area contributed by atoms with Crippen LogP contribution in [0.25, 0.3) is 0 Å². The molecule has 0 bridgehead atoms. The molecule has 3 atom stereocenters. The topological polar surface area (TPSA) is 41.6 Å². The van der Waals surface area contributed by atoms with Crippen LogP contribution in [0, 0.1) is 0 Å². The first-order valence-electron chi connectivity index (χ1n) is 6.80. The number of hydrogen-bond acceptors (Lipinski definition) is 3. The van der Waals surface area contributed by atoms with Gasteiger partial charge >= 0.3 is 0 Å². The second kappa shape index (κ2) is 5.83. The molecule has 0 saturated carbocycles. The van der Waals surface area contributed by atoms with Crippen molar-refractivity contribution in [2.75, 3.05) is 19.7 Å². The van der Waals surface area contributed by atoms with Crippen molar-refractivity contribution in [2.45, 2.75) is 57.7 Å². The lowest BCUT2D eigenvalue weighted by atomic mass is 10.0. The number of nitrogens with zero attached hydrogens (tertiary/aromatic N) is 1. The summed E-state index contributed by atoms with van der Waals surface area (Å²) in [6, 6.07) is 0.796. The molecule has 2 aliphatic rings. The Labute approximate surface area is 104 Å². The first kappa shape index (κ1) is 12.8. The van der Waals surface area contributed by atoms with Crippen LogP contribution in [0.1, 0.15) is 39.5 Å². The lowest BCUT2D eigenvalue weighted by Gasteiger charge is -2.37. The largest absolute Gasteiger partial charge is 0.378 e. The Morgan fingerprint density at radius 1 is 1.29 bits per heavy atom. The number of amides is 1. The third kappa shape index (κ3) is 3.68. The molecule has 2 aliphatic heterocycles. The lowest BCUT2D eigenvalue weighted by molar-refractivity contribution is -0.136. The highest BCUT2D eigenvalue weighted by Crippen LogP contribution is 2.17. The van der Waals surface area contributed by atoms with Gasteiger partial charge in [0, 0.05) is 31.8 Å². The van der Waals surface area contributed by atoms with Crippen LogP contribution in [-0.4, -0.2) is 48.7 Å². The Balaban J connectivity index is 1.81. The number of ether oxygens (including phenoxy) is 1. The van der Waals surface area contributed by atoms with Crippen molar-refractivity contribution in [3.8, 4) is 0 Å². The Morgan fingerprint density at radius 3 is 2.59 bits per heavy atom. The van der Waals surface area contributed by atoms with Gasteiger partial charge < -0.3 is 15.0 Å². The summed E-state index contributed by atoms with van der Waals surface area (Å²) in [5.41, 5.74) is 0. The fraction of sp³-hybridized carbons (Fsp3) is 0.923. The lowest BCUT2D eigenvalue weighted by Crippen LogP contribution is -2.56. The van der Waals surface area contributed by atoms with Crippen molar-refractivity contribution in [3.63, 3.8) is 0 Å². The monoisotopic (exact) mass is 240 g/mol. The maximum atomic E-state index is 12.2. The zero-order valence-electron chi connectivity index (χ0n) is 10.9. The highest BCUT2D eigenvalue weighted by molar-refractivity contribution is 5.77. The Hall–Kier alpha value is -0.610. The van der Waals surface area contributed by atoms with Crippen molar-refractivity contribution < 1.29 is 9.53 Å². The summed E-state index contributed by atoms with van der Waals surface area (Å²) < 4.78 is 5.63.